The van der Waals surface area contributed by atoms with E-state index >= 15 is 0 Å². The van der Waals surface area contributed by atoms with Crippen molar-refractivity contribution in [1.29, 1.82) is 0 Å². The molecule has 0 saturated carbocycles. The van der Waals surface area contributed by atoms with Gasteiger partial charge in [-0.05, 0) is 25.5 Å². The molecule has 0 heterocycles. The number of hydrogen-bond donors (Lipinski definition) is 0. The van der Waals surface area contributed by atoms with E-state index in [1.807, 2.05) is 0 Å². The van der Waals surface area contributed by atoms with Gasteiger partial charge in [-0.3, -0.25) is 4.79 Å². The van der Waals surface area contributed by atoms with E-state index in [0.29, 0.717) is 5.56 Å². The van der Waals surface area contributed by atoms with Gasteiger partial charge in [0.15, 0.2) is 5.78 Å². The van der Waals surface area contributed by atoms with Gasteiger partial charge in [0.2, 0.25) is 0 Å². The third-order valence-electron chi connectivity index (χ3n) is 1.57. The van der Waals surface area contributed by atoms with Crippen LogP contribution in [0.15, 0.2) is 18.2 Å². The monoisotopic (exact) mass is 152 g/mol. The largest absolute Gasteiger partial charge is 0.294 e. The van der Waals surface area contributed by atoms with Crippen LogP contribution in [0.25, 0.3) is 0 Å². The Bertz CT molecular complexity index is 292. The van der Waals surface area contributed by atoms with E-state index in [9.17, 15) is 9.18 Å². The van der Waals surface area contributed by atoms with Crippen LogP contribution >= 0.6 is 0 Å². The molecule has 0 atom stereocenters. The van der Waals surface area contributed by atoms with Crippen molar-refractivity contribution in [3.8, 4) is 0 Å². The van der Waals surface area contributed by atoms with Crippen molar-refractivity contribution in [3.63, 3.8) is 0 Å². The lowest BCUT2D eigenvalue weighted by molar-refractivity contribution is 0.101. The first-order chi connectivity index (χ1) is 5.13. The maximum absolute atomic E-state index is 13.0. The van der Waals surface area contributed by atoms with Crippen LogP contribution in [0.3, 0.4) is 0 Å². The maximum Gasteiger partial charge on any atom is 0.162 e. The van der Waals surface area contributed by atoms with Crippen molar-refractivity contribution in [3.05, 3.63) is 35.1 Å². The molecular formula is C9H9FO. The van der Waals surface area contributed by atoms with Crippen molar-refractivity contribution in [2.75, 3.05) is 0 Å². The van der Waals surface area contributed by atoms with Crippen LogP contribution in [0.4, 0.5) is 4.39 Å². The van der Waals surface area contributed by atoms with Crippen molar-refractivity contribution in [2.24, 2.45) is 0 Å². The van der Waals surface area contributed by atoms with Crippen molar-refractivity contribution in [1.82, 2.24) is 0 Å². The average molecular weight is 152 g/mol. The fraction of sp³-hybridized carbons (Fsp3) is 0.222. The number of carbonyl (C=O) groups excluding carboxylic acids is 1. The number of ketones is 1. The molecule has 0 aliphatic rings. The predicted octanol–water partition coefficient (Wildman–Crippen LogP) is 2.34. The summed E-state index contributed by atoms with van der Waals surface area (Å²) < 4.78 is 13.0. The minimum atomic E-state index is -0.403. The molecule has 1 aromatic rings. The molecule has 0 aromatic heterocycles. The molecule has 11 heavy (non-hydrogen) atoms. The van der Waals surface area contributed by atoms with Gasteiger partial charge in [-0.25, -0.2) is 4.39 Å². The first-order valence-electron chi connectivity index (χ1n) is 3.39. The third-order valence-corrected chi connectivity index (χ3v) is 1.57. The number of hydrogen-bond acceptors (Lipinski definition) is 1. The molecule has 0 amide bonds. The Balaban J connectivity index is 3.27. The third kappa shape index (κ3) is 1.45. The summed E-state index contributed by atoms with van der Waals surface area (Å²) in [4.78, 5) is 10.8. The van der Waals surface area contributed by atoms with Crippen LogP contribution in [0.1, 0.15) is 22.8 Å². The van der Waals surface area contributed by atoms with Crippen LogP contribution < -0.4 is 0 Å². The van der Waals surface area contributed by atoms with Gasteiger partial charge in [-0.2, -0.15) is 0 Å². The minimum absolute atomic E-state index is 0.171. The zero-order valence-corrected chi connectivity index (χ0v) is 6.52. The highest BCUT2D eigenvalue weighted by atomic mass is 19.1. The minimum Gasteiger partial charge on any atom is -0.294 e. The molecule has 0 spiro atoms. The number of aryl methyl sites for hydroxylation is 1. The molecule has 1 aromatic carbocycles. The topological polar surface area (TPSA) is 17.1 Å². The van der Waals surface area contributed by atoms with Crippen LogP contribution in [-0.4, -0.2) is 5.78 Å². The van der Waals surface area contributed by atoms with Gasteiger partial charge in [0.05, 0.1) is 5.56 Å². The molecule has 0 radical (unpaired) electrons. The van der Waals surface area contributed by atoms with E-state index < -0.39 is 5.82 Å². The normalized spacial score (nSPS) is 9.73. The van der Waals surface area contributed by atoms with E-state index in [2.05, 4.69) is 0 Å². The first kappa shape index (κ1) is 7.92. The molecule has 0 fully saturated rings. The number of carbonyl (C=O) groups is 1. The fourth-order valence-electron chi connectivity index (χ4n) is 0.919. The lowest BCUT2D eigenvalue weighted by atomic mass is 10.1. The van der Waals surface area contributed by atoms with E-state index in [4.69, 9.17) is 0 Å². The Morgan fingerprint density at radius 1 is 1.45 bits per heavy atom. The van der Waals surface area contributed by atoms with E-state index in [1.165, 1.54) is 13.0 Å². The summed E-state index contributed by atoms with van der Waals surface area (Å²) in [6, 6.07) is 4.81. The van der Waals surface area contributed by atoms with Crippen LogP contribution in [0, 0.1) is 12.7 Å². The molecule has 1 rings (SSSR count). The summed E-state index contributed by atoms with van der Waals surface area (Å²) in [6.07, 6.45) is 0. The molecule has 0 unspecified atom stereocenters. The Morgan fingerprint density at radius 2 is 2.09 bits per heavy atom. The molecule has 0 saturated heterocycles. The molecule has 0 aliphatic heterocycles. The van der Waals surface area contributed by atoms with Crippen molar-refractivity contribution >= 4 is 5.78 Å². The Kier molecular flexibility index (Phi) is 2.03. The first-order valence-corrected chi connectivity index (χ1v) is 3.39. The molecule has 58 valence electrons. The summed E-state index contributed by atoms with van der Waals surface area (Å²) in [5, 5.41) is 0. The van der Waals surface area contributed by atoms with Gasteiger partial charge in [0.1, 0.15) is 5.82 Å². The van der Waals surface area contributed by atoms with Crippen LogP contribution in [0.5, 0.6) is 0 Å². The second-order valence-corrected chi connectivity index (χ2v) is 2.49. The number of rotatable bonds is 1. The Hall–Kier alpha value is -1.18. The standard InChI is InChI=1S/C9H9FO/c1-6-4-3-5-8(7(2)11)9(6)10/h3-5H,1-2H3. The highest BCUT2D eigenvalue weighted by Gasteiger charge is 2.07. The summed E-state index contributed by atoms with van der Waals surface area (Å²) in [5.41, 5.74) is 0.683. The second-order valence-electron chi connectivity index (χ2n) is 2.49. The quantitative estimate of drug-likeness (QED) is 0.564. The lowest BCUT2D eigenvalue weighted by Gasteiger charge is -1.99. The zero-order chi connectivity index (χ0) is 8.43. The van der Waals surface area contributed by atoms with Crippen molar-refractivity contribution < 1.29 is 9.18 Å². The van der Waals surface area contributed by atoms with Crippen LogP contribution in [-0.2, 0) is 0 Å². The Morgan fingerprint density at radius 3 is 2.55 bits per heavy atom. The Labute approximate surface area is 64.9 Å². The fourth-order valence-corrected chi connectivity index (χ4v) is 0.919. The molecule has 0 bridgehead atoms. The average Bonchev–Trinajstić information content (AvgIpc) is 1.94. The van der Waals surface area contributed by atoms with E-state index in [-0.39, 0.29) is 11.3 Å². The molecule has 0 aliphatic carbocycles. The molecule has 1 nitrogen and oxygen atoms in total. The summed E-state index contributed by atoms with van der Waals surface area (Å²) in [7, 11) is 0. The van der Waals surface area contributed by atoms with Gasteiger partial charge in [-0.1, -0.05) is 12.1 Å². The number of halogens is 1. The second kappa shape index (κ2) is 2.82. The van der Waals surface area contributed by atoms with Gasteiger partial charge < -0.3 is 0 Å². The smallest absolute Gasteiger partial charge is 0.162 e. The highest BCUT2D eigenvalue weighted by molar-refractivity contribution is 5.94. The summed E-state index contributed by atoms with van der Waals surface area (Å²) in [5.74, 6) is -0.633. The highest BCUT2D eigenvalue weighted by Crippen LogP contribution is 2.11. The van der Waals surface area contributed by atoms with Gasteiger partial charge in [0, 0.05) is 0 Å². The van der Waals surface area contributed by atoms with Crippen molar-refractivity contribution in [2.45, 2.75) is 13.8 Å². The predicted molar refractivity (Wildman–Crippen MR) is 41.1 cm³/mol. The number of benzene rings is 1. The zero-order valence-electron chi connectivity index (χ0n) is 6.52. The van der Waals surface area contributed by atoms with E-state index in [0.717, 1.165) is 0 Å². The maximum atomic E-state index is 13.0. The van der Waals surface area contributed by atoms with E-state index in [1.54, 1.807) is 19.1 Å². The van der Waals surface area contributed by atoms with Gasteiger partial charge in [-0.15, -0.1) is 0 Å². The van der Waals surface area contributed by atoms with Gasteiger partial charge in [0.25, 0.3) is 0 Å². The lowest BCUT2D eigenvalue weighted by Crippen LogP contribution is -1.98. The van der Waals surface area contributed by atoms with Gasteiger partial charge >= 0.3 is 0 Å². The number of Topliss-reactive ketones (excluding diaryl/α,β-unsaturated/α-hetero) is 1. The molecular weight excluding hydrogens is 143 g/mol. The van der Waals surface area contributed by atoms with Crippen LogP contribution in [0.2, 0.25) is 0 Å². The molecule has 0 N–H and O–H groups in total. The summed E-state index contributed by atoms with van der Waals surface area (Å²) in [6.45, 7) is 3.00. The summed E-state index contributed by atoms with van der Waals surface area (Å²) >= 11 is 0. The SMILES string of the molecule is CC(=O)c1cccc(C)c1F. The molecule has 2 heteroatoms.